The summed E-state index contributed by atoms with van der Waals surface area (Å²) in [6, 6.07) is 5.99. The van der Waals surface area contributed by atoms with Gasteiger partial charge in [0.15, 0.2) is 5.11 Å². The number of thiocarbonyl (C=S) groups is 1. The Kier molecular flexibility index (Phi) is 5.35. The maximum atomic E-state index is 11.1. The van der Waals surface area contributed by atoms with Gasteiger partial charge in [-0.3, -0.25) is 4.68 Å². The van der Waals surface area contributed by atoms with Crippen molar-refractivity contribution in [3.63, 3.8) is 0 Å². The van der Waals surface area contributed by atoms with E-state index in [9.17, 15) is 8.42 Å². The fourth-order valence-electron chi connectivity index (χ4n) is 1.65. The lowest BCUT2D eigenvalue weighted by molar-refractivity contribution is 0.598. The number of rotatable bonds is 5. The van der Waals surface area contributed by atoms with Crippen LogP contribution in [0.5, 0.6) is 0 Å². The first-order valence-electron chi connectivity index (χ1n) is 6.20. The van der Waals surface area contributed by atoms with Gasteiger partial charge in [-0.05, 0) is 36.5 Å². The minimum absolute atomic E-state index is 0.0486. The number of halogens is 1. The Hall–Kier alpha value is -1.68. The van der Waals surface area contributed by atoms with Crippen molar-refractivity contribution in [2.24, 2.45) is 5.14 Å². The van der Waals surface area contributed by atoms with Crippen molar-refractivity contribution >= 4 is 44.6 Å². The summed E-state index contributed by atoms with van der Waals surface area (Å²) in [6.07, 6.45) is 3.27. The maximum absolute atomic E-state index is 11.1. The Morgan fingerprint density at radius 2 is 2.05 bits per heavy atom. The standard InChI is InChI=1S/C12H14ClN5O2S2/c13-9-7-16-18(8-9)6-5-15-12(21)17-10-1-3-11(4-2-10)22(14,19)20/h1-4,7-8H,5-6H2,(H2,14,19,20)(H2,15,17,21). The number of sulfonamides is 1. The quantitative estimate of drug-likeness (QED) is 0.693. The number of nitrogens with one attached hydrogen (secondary N) is 2. The third-order valence-electron chi connectivity index (χ3n) is 2.67. The van der Waals surface area contributed by atoms with Gasteiger partial charge in [-0.15, -0.1) is 0 Å². The molecule has 0 aliphatic rings. The minimum Gasteiger partial charge on any atom is -0.361 e. The van der Waals surface area contributed by atoms with Crippen LogP contribution in [0.4, 0.5) is 5.69 Å². The first kappa shape index (κ1) is 16.7. The molecule has 1 aromatic carbocycles. The molecule has 0 bridgehead atoms. The highest BCUT2D eigenvalue weighted by Gasteiger charge is 2.07. The molecule has 0 radical (unpaired) electrons. The maximum Gasteiger partial charge on any atom is 0.238 e. The van der Waals surface area contributed by atoms with Crippen molar-refractivity contribution in [3.05, 3.63) is 41.7 Å². The molecule has 10 heteroatoms. The van der Waals surface area contributed by atoms with E-state index in [4.69, 9.17) is 29.0 Å². The Labute approximate surface area is 138 Å². The minimum atomic E-state index is -3.69. The van der Waals surface area contributed by atoms with Gasteiger partial charge >= 0.3 is 0 Å². The van der Waals surface area contributed by atoms with Gasteiger partial charge in [-0.2, -0.15) is 5.10 Å². The zero-order valence-corrected chi connectivity index (χ0v) is 13.7. The van der Waals surface area contributed by atoms with Crippen LogP contribution in [0.2, 0.25) is 5.02 Å². The molecule has 0 atom stereocenters. The summed E-state index contributed by atoms with van der Waals surface area (Å²) >= 11 is 10.9. The van der Waals surface area contributed by atoms with Gasteiger partial charge in [0.1, 0.15) is 0 Å². The van der Waals surface area contributed by atoms with E-state index in [1.54, 1.807) is 29.2 Å². The van der Waals surface area contributed by atoms with E-state index in [1.165, 1.54) is 12.1 Å². The lowest BCUT2D eigenvalue weighted by Gasteiger charge is -2.10. The van der Waals surface area contributed by atoms with Crippen LogP contribution in [-0.2, 0) is 16.6 Å². The molecule has 0 saturated carbocycles. The van der Waals surface area contributed by atoms with Gasteiger partial charge in [-0.25, -0.2) is 13.6 Å². The summed E-state index contributed by atoms with van der Waals surface area (Å²) in [5, 5.41) is 16.0. The molecule has 4 N–H and O–H groups in total. The number of hydrogen-bond acceptors (Lipinski definition) is 4. The van der Waals surface area contributed by atoms with Gasteiger partial charge in [-0.1, -0.05) is 11.6 Å². The summed E-state index contributed by atoms with van der Waals surface area (Å²) in [4.78, 5) is 0.0486. The van der Waals surface area contributed by atoms with Crippen LogP contribution in [0.25, 0.3) is 0 Å². The monoisotopic (exact) mass is 359 g/mol. The molecule has 1 aromatic heterocycles. The lowest BCUT2D eigenvalue weighted by atomic mass is 10.3. The van der Waals surface area contributed by atoms with E-state index < -0.39 is 10.0 Å². The number of hydrogen-bond donors (Lipinski definition) is 3. The van der Waals surface area contributed by atoms with E-state index in [0.717, 1.165) is 0 Å². The van der Waals surface area contributed by atoms with Crippen molar-refractivity contribution in [2.45, 2.75) is 11.4 Å². The van der Waals surface area contributed by atoms with E-state index in [1.807, 2.05) is 0 Å². The molecule has 22 heavy (non-hydrogen) atoms. The Balaban J connectivity index is 1.81. The highest BCUT2D eigenvalue weighted by atomic mass is 35.5. The van der Waals surface area contributed by atoms with E-state index in [-0.39, 0.29) is 4.90 Å². The topological polar surface area (TPSA) is 102 Å². The number of primary sulfonamides is 1. The summed E-state index contributed by atoms with van der Waals surface area (Å²) < 4.78 is 24.0. The summed E-state index contributed by atoms with van der Waals surface area (Å²) in [7, 11) is -3.69. The molecule has 0 aliphatic heterocycles. The molecule has 2 rings (SSSR count). The van der Waals surface area contributed by atoms with E-state index in [0.29, 0.717) is 28.9 Å². The fourth-order valence-corrected chi connectivity index (χ4v) is 2.54. The SMILES string of the molecule is NS(=O)(=O)c1ccc(NC(=S)NCCn2cc(Cl)cn2)cc1. The molecule has 2 aromatic rings. The molecule has 1 heterocycles. The van der Waals surface area contributed by atoms with Gasteiger partial charge in [0.2, 0.25) is 10.0 Å². The number of aromatic nitrogens is 2. The third kappa shape index (κ3) is 4.95. The average Bonchev–Trinajstić information content (AvgIpc) is 2.84. The van der Waals surface area contributed by atoms with Crippen LogP contribution in [0.3, 0.4) is 0 Å². The molecule has 0 aliphatic carbocycles. The van der Waals surface area contributed by atoms with Gasteiger partial charge in [0.05, 0.1) is 22.7 Å². The second-order valence-electron chi connectivity index (χ2n) is 4.37. The highest BCUT2D eigenvalue weighted by Crippen LogP contribution is 2.12. The van der Waals surface area contributed by atoms with Gasteiger partial charge in [0.25, 0.3) is 0 Å². The van der Waals surface area contributed by atoms with Crippen molar-refractivity contribution in [3.8, 4) is 0 Å². The van der Waals surface area contributed by atoms with Crippen molar-refractivity contribution < 1.29 is 8.42 Å². The second-order valence-corrected chi connectivity index (χ2v) is 6.78. The Bertz CT molecular complexity index is 758. The average molecular weight is 360 g/mol. The predicted molar refractivity (Wildman–Crippen MR) is 89.3 cm³/mol. The molecule has 0 fully saturated rings. The largest absolute Gasteiger partial charge is 0.361 e. The van der Waals surface area contributed by atoms with E-state index >= 15 is 0 Å². The second kappa shape index (κ2) is 7.05. The van der Waals surface area contributed by atoms with Crippen LogP contribution >= 0.6 is 23.8 Å². The molecule has 0 unspecified atom stereocenters. The highest BCUT2D eigenvalue weighted by molar-refractivity contribution is 7.89. The van der Waals surface area contributed by atoms with Crippen molar-refractivity contribution in [2.75, 3.05) is 11.9 Å². The smallest absolute Gasteiger partial charge is 0.238 e. The van der Waals surface area contributed by atoms with Gasteiger partial charge < -0.3 is 10.6 Å². The number of nitrogens with zero attached hydrogens (tertiary/aromatic N) is 2. The third-order valence-corrected chi connectivity index (χ3v) is 4.04. The predicted octanol–water partition coefficient (Wildman–Crippen LogP) is 1.17. The Morgan fingerprint density at radius 1 is 1.36 bits per heavy atom. The number of benzene rings is 1. The normalized spacial score (nSPS) is 11.2. The van der Waals surface area contributed by atoms with Crippen molar-refractivity contribution in [1.82, 2.24) is 15.1 Å². The fraction of sp³-hybridized carbons (Fsp3) is 0.167. The molecule has 0 spiro atoms. The zero-order valence-electron chi connectivity index (χ0n) is 11.4. The summed E-state index contributed by atoms with van der Waals surface area (Å²) in [5.74, 6) is 0. The Morgan fingerprint density at radius 3 is 2.59 bits per heavy atom. The summed E-state index contributed by atoms with van der Waals surface area (Å²) in [5.41, 5.74) is 0.659. The number of anilines is 1. The molecular weight excluding hydrogens is 346 g/mol. The van der Waals surface area contributed by atoms with Crippen molar-refractivity contribution in [1.29, 1.82) is 0 Å². The zero-order chi connectivity index (χ0) is 16.2. The molecule has 0 saturated heterocycles. The van der Waals surface area contributed by atoms with Crippen LogP contribution in [0.1, 0.15) is 0 Å². The van der Waals surface area contributed by atoms with Crippen LogP contribution in [0, 0.1) is 0 Å². The number of nitrogens with two attached hydrogens (primary N) is 1. The first-order valence-corrected chi connectivity index (χ1v) is 8.53. The molecule has 0 amide bonds. The first-order chi connectivity index (χ1) is 10.3. The lowest BCUT2D eigenvalue weighted by Crippen LogP contribution is -2.31. The van der Waals surface area contributed by atoms with Crippen LogP contribution in [-0.4, -0.2) is 29.9 Å². The van der Waals surface area contributed by atoms with E-state index in [2.05, 4.69) is 15.7 Å². The van der Waals surface area contributed by atoms with Crippen LogP contribution < -0.4 is 15.8 Å². The van der Waals surface area contributed by atoms with Crippen LogP contribution in [0.15, 0.2) is 41.6 Å². The summed E-state index contributed by atoms with van der Waals surface area (Å²) in [6.45, 7) is 1.18. The van der Waals surface area contributed by atoms with Gasteiger partial charge in [0, 0.05) is 18.4 Å². The molecule has 118 valence electrons. The molecular formula is C12H14ClN5O2S2. The molecule has 7 nitrogen and oxygen atoms in total.